The van der Waals surface area contributed by atoms with Gasteiger partial charge in [-0.25, -0.2) is 0 Å². The molecule has 21 heavy (non-hydrogen) atoms. The van der Waals surface area contributed by atoms with E-state index in [9.17, 15) is 9.90 Å². The molecule has 1 aromatic carbocycles. The van der Waals surface area contributed by atoms with Crippen molar-refractivity contribution in [3.8, 4) is 0 Å². The van der Waals surface area contributed by atoms with Crippen molar-refractivity contribution in [1.29, 1.82) is 0 Å². The summed E-state index contributed by atoms with van der Waals surface area (Å²) in [6, 6.07) is 7.94. The van der Waals surface area contributed by atoms with Gasteiger partial charge in [0.25, 0.3) is 0 Å². The van der Waals surface area contributed by atoms with Crippen LogP contribution >= 0.6 is 0 Å². The molecule has 0 aliphatic heterocycles. The molecule has 1 atom stereocenters. The monoisotopic (exact) mass is 290 g/mol. The number of rotatable bonds is 7. The Labute approximate surface area is 127 Å². The molecule has 0 aromatic heterocycles. The first-order valence-electron chi connectivity index (χ1n) is 7.30. The second-order valence-corrected chi connectivity index (χ2v) is 5.78. The first kappa shape index (κ1) is 17.2. The van der Waals surface area contributed by atoms with Crippen molar-refractivity contribution in [1.82, 2.24) is 5.32 Å². The number of benzene rings is 1. The number of hydrogen-bond donors (Lipinski definition) is 2. The molecule has 1 aromatic rings. The number of nitrogens with one attached hydrogen (secondary N) is 1. The van der Waals surface area contributed by atoms with Gasteiger partial charge in [0.05, 0.1) is 5.60 Å². The summed E-state index contributed by atoms with van der Waals surface area (Å²) in [7, 11) is 3.97. The van der Waals surface area contributed by atoms with Gasteiger partial charge >= 0.3 is 0 Å². The van der Waals surface area contributed by atoms with Crippen molar-refractivity contribution in [3.05, 3.63) is 35.9 Å². The van der Waals surface area contributed by atoms with Crippen LogP contribution in [-0.2, 0) is 4.79 Å². The minimum Gasteiger partial charge on any atom is -0.388 e. The summed E-state index contributed by atoms with van der Waals surface area (Å²) in [6.45, 7) is 4.01. The van der Waals surface area contributed by atoms with Gasteiger partial charge in [0.15, 0.2) is 0 Å². The zero-order chi connectivity index (χ0) is 15.9. The molecule has 1 unspecified atom stereocenters. The van der Waals surface area contributed by atoms with Crippen LogP contribution in [0, 0.1) is 0 Å². The van der Waals surface area contributed by atoms with E-state index in [1.807, 2.05) is 50.2 Å². The fourth-order valence-electron chi connectivity index (χ4n) is 2.02. The topological polar surface area (TPSA) is 52.6 Å². The average Bonchev–Trinajstić information content (AvgIpc) is 2.43. The molecule has 0 saturated carbocycles. The third-order valence-electron chi connectivity index (χ3n) is 3.27. The summed E-state index contributed by atoms with van der Waals surface area (Å²) in [5, 5.41) is 12.7. The van der Waals surface area contributed by atoms with Crippen LogP contribution in [0.3, 0.4) is 0 Å². The second-order valence-electron chi connectivity index (χ2n) is 5.78. The lowest BCUT2D eigenvalue weighted by atomic mass is 10.0. The summed E-state index contributed by atoms with van der Waals surface area (Å²) >= 11 is 0. The van der Waals surface area contributed by atoms with E-state index in [0.717, 1.165) is 17.7 Å². The van der Waals surface area contributed by atoms with Crippen LogP contribution in [0.4, 0.5) is 5.69 Å². The molecule has 0 radical (unpaired) electrons. The lowest BCUT2D eigenvalue weighted by Gasteiger charge is -2.22. The molecule has 0 aliphatic carbocycles. The van der Waals surface area contributed by atoms with Crippen LogP contribution in [0.25, 0.3) is 6.08 Å². The molecular weight excluding hydrogens is 264 g/mol. The molecule has 0 bridgehead atoms. The Morgan fingerprint density at radius 1 is 1.33 bits per heavy atom. The van der Waals surface area contributed by atoms with Gasteiger partial charge in [0.1, 0.15) is 0 Å². The lowest BCUT2D eigenvalue weighted by molar-refractivity contribution is -0.117. The van der Waals surface area contributed by atoms with Crippen molar-refractivity contribution < 1.29 is 9.90 Å². The quantitative estimate of drug-likeness (QED) is 0.758. The maximum absolute atomic E-state index is 11.7. The molecule has 0 fully saturated rings. The zero-order valence-corrected chi connectivity index (χ0v) is 13.4. The number of anilines is 1. The summed E-state index contributed by atoms with van der Waals surface area (Å²) < 4.78 is 0. The minimum atomic E-state index is -0.842. The average molecular weight is 290 g/mol. The van der Waals surface area contributed by atoms with Crippen molar-refractivity contribution in [3.63, 3.8) is 0 Å². The van der Waals surface area contributed by atoms with Crippen molar-refractivity contribution in [2.75, 3.05) is 25.5 Å². The summed E-state index contributed by atoms with van der Waals surface area (Å²) in [6.07, 6.45) is 4.82. The van der Waals surface area contributed by atoms with Crippen molar-refractivity contribution in [2.24, 2.45) is 0 Å². The van der Waals surface area contributed by atoms with E-state index >= 15 is 0 Å². The van der Waals surface area contributed by atoms with Gasteiger partial charge in [0, 0.05) is 32.4 Å². The molecule has 0 aliphatic rings. The van der Waals surface area contributed by atoms with Crippen LogP contribution in [0.5, 0.6) is 0 Å². The molecule has 4 nitrogen and oxygen atoms in total. The first-order chi connectivity index (χ1) is 9.84. The number of aliphatic hydroxyl groups is 1. The van der Waals surface area contributed by atoms with Gasteiger partial charge in [-0.15, -0.1) is 0 Å². The molecule has 2 N–H and O–H groups in total. The maximum atomic E-state index is 11.7. The Kier molecular flexibility index (Phi) is 6.43. The third-order valence-corrected chi connectivity index (χ3v) is 3.27. The van der Waals surface area contributed by atoms with Gasteiger partial charge in [-0.2, -0.15) is 0 Å². The van der Waals surface area contributed by atoms with E-state index < -0.39 is 5.60 Å². The first-order valence-corrected chi connectivity index (χ1v) is 7.30. The van der Waals surface area contributed by atoms with Crippen LogP contribution in [0.1, 0.15) is 32.3 Å². The molecule has 0 saturated heterocycles. The van der Waals surface area contributed by atoms with Gasteiger partial charge in [-0.3, -0.25) is 4.79 Å². The smallest absolute Gasteiger partial charge is 0.244 e. The molecule has 1 amide bonds. The molecule has 116 valence electrons. The van der Waals surface area contributed by atoms with Gasteiger partial charge in [0.2, 0.25) is 5.91 Å². The highest BCUT2D eigenvalue weighted by Gasteiger charge is 2.18. The number of nitrogens with zero attached hydrogens (tertiary/aromatic N) is 1. The Hall–Kier alpha value is -1.81. The highest BCUT2D eigenvalue weighted by molar-refractivity contribution is 5.91. The molecule has 0 heterocycles. The van der Waals surface area contributed by atoms with Gasteiger partial charge in [-0.1, -0.05) is 25.5 Å². The van der Waals surface area contributed by atoms with Crippen molar-refractivity contribution in [2.45, 2.75) is 32.3 Å². The van der Waals surface area contributed by atoms with Crippen LogP contribution in [0.15, 0.2) is 30.3 Å². The van der Waals surface area contributed by atoms with E-state index in [0.29, 0.717) is 6.42 Å². The standard InChI is InChI=1S/C17H26N2O2/c1-5-12-17(2,21)13-18-16(20)11-8-14-6-9-15(10-7-14)19(3)4/h6-11,21H,5,12-13H2,1-4H3,(H,18,20)/b11-8+. The lowest BCUT2D eigenvalue weighted by Crippen LogP contribution is -2.39. The van der Waals surface area contributed by atoms with E-state index in [-0.39, 0.29) is 12.5 Å². The summed E-state index contributed by atoms with van der Waals surface area (Å²) in [5.41, 5.74) is 1.24. The number of carbonyl (C=O) groups is 1. The van der Waals surface area contributed by atoms with E-state index in [1.54, 1.807) is 13.0 Å². The summed E-state index contributed by atoms with van der Waals surface area (Å²) in [5.74, 6) is -0.192. The van der Waals surface area contributed by atoms with Crippen LogP contribution in [0.2, 0.25) is 0 Å². The third kappa shape index (κ3) is 6.45. The Morgan fingerprint density at radius 3 is 2.48 bits per heavy atom. The normalized spacial score (nSPS) is 14.0. The SMILES string of the molecule is CCCC(C)(O)CNC(=O)/C=C/c1ccc(N(C)C)cc1. The number of amides is 1. The highest BCUT2D eigenvalue weighted by atomic mass is 16.3. The Bertz CT molecular complexity index is 476. The largest absolute Gasteiger partial charge is 0.388 e. The summed E-state index contributed by atoms with van der Waals surface area (Å²) in [4.78, 5) is 13.7. The van der Waals surface area contributed by atoms with Crippen LogP contribution in [-0.4, -0.2) is 37.3 Å². The van der Waals surface area contributed by atoms with Crippen LogP contribution < -0.4 is 10.2 Å². The fourth-order valence-corrected chi connectivity index (χ4v) is 2.02. The second kappa shape index (κ2) is 7.84. The fraction of sp³-hybridized carbons (Fsp3) is 0.471. The van der Waals surface area contributed by atoms with E-state index in [4.69, 9.17) is 0 Å². The Balaban J connectivity index is 2.50. The molecule has 4 heteroatoms. The minimum absolute atomic E-state index is 0.192. The maximum Gasteiger partial charge on any atom is 0.244 e. The Morgan fingerprint density at radius 2 is 1.95 bits per heavy atom. The number of carbonyl (C=O) groups excluding carboxylic acids is 1. The van der Waals surface area contributed by atoms with E-state index in [2.05, 4.69) is 5.32 Å². The van der Waals surface area contributed by atoms with Gasteiger partial charge < -0.3 is 15.3 Å². The molecule has 1 rings (SSSR count). The predicted molar refractivity (Wildman–Crippen MR) is 88.3 cm³/mol. The number of hydrogen-bond acceptors (Lipinski definition) is 3. The van der Waals surface area contributed by atoms with Gasteiger partial charge in [-0.05, 0) is 37.1 Å². The zero-order valence-electron chi connectivity index (χ0n) is 13.4. The molecule has 0 spiro atoms. The predicted octanol–water partition coefficient (Wildman–Crippen LogP) is 2.43. The highest BCUT2D eigenvalue weighted by Crippen LogP contribution is 2.13. The molecular formula is C17H26N2O2. The van der Waals surface area contributed by atoms with E-state index in [1.165, 1.54) is 6.08 Å². The van der Waals surface area contributed by atoms with Crippen molar-refractivity contribution >= 4 is 17.7 Å².